The van der Waals surface area contributed by atoms with E-state index >= 15 is 0 Å². The molecule has 1 aromatic rings. The smallest absolute Gasteiger partial charge is 0.410 e. The van der Waals surface area contributed by atoms with Crippen LogP contribution in [-0.4, -0.2) is 29.9 Å². The molecule has 0 N–H and O–H groups in total. The highest BCUT2D eigenvalue weighted by molar-refractivity contribution is 5.79. The Morgan fingerprint density at radius 1 is 1.05 bits per heavy atom. The maximum Gasteiger partial charge on any atom is 0.410 e. The van der Waals surface area contributed by atoms with E-state index in [4.69, 9.17) is 4.74 Å². The predicted molar refractivity (Wildman–Crippen MR) is 83.3 cm³/mol. The van der Waals surface area contributed by atoms with Crippen LogP contribution in [0.1, 0.15) is 44.1 Å². The average Bonchev–Trinajstić information content (AvgIpc) is 2.57. The lowest BCUT2D eigenvalue weighted by atomic mass is 9.68. The van der Waals surface area contributed by atoms with Crippen molar-refractivity contribution in [2.45, 2.75) is 45.1 Å². The molecule has 4 nitrogen and oxygen atoms in total. The van der Waals surface area contributed by atoms with Gasteiger partial charge in [-0.1, -0.05) is 30.3 Å². The first-order chi connectivity index (χ1) is 10.7. The Morgan fingerprint density at radius 2 is 1.68 bits per heavy atom. The number of ketones is 1. The molecule has 3 rings (SSSR count). The van der Waals surface area contributed by atoms with Gasteiger partial charge >= 0.3 is 6.09 Å². The lowest BCUT2D eigenvalue weighted by Gasteiger charge is -2.43. The Hall–Kier alpha value is -1.84. The zero-order valence-electron chi connectivity index (χ0n) is 12.9. The number of nitrogens with zero attached hydrogens (tertiary/aromatic N) is 1. The quantitative estimate of drug-likeness (QED) is 0.839. The summed E-state index contributed by atoms with van der Waals surface area (Å²) in [5.41, 5.74) is 1.31. The van der Waals surface area contributed by atoms with Gasteiger partial charge in [0.15, 0.2) is 0 Å². The van der Waals surface area contributed by atoms with E-state index in [-0.39, 0.29) is 6.09 Å². The minimum atomic E-state index is -0.217. The van der Waals surface area contributed by atoms with Crippen LogP contribution in [0.2, 0.25) is 0 Å². The summed E-state index contributed by atoms with van der Waals surface area (Å²) < 4.78 is 5.39. The first-order valence-electron chi connectivity index (χ1n) is 8.14. The molecule has 0 bridgehead atoms. The van der Waals surface area contributed by atoms with E-state index in [1.54, 1.807) is 0 Å². The van der Waals surface area contributed by atoms with Gasteiger partial charge in [-0.25, -0.2) is 4.79 Å². The van der Waals surface area contributed by atoms with Crippen molar-refractivity contribution in [2.24, 2.45) is 5.41 Å². The summed E-state index contributed by atoms with van der Waals surface area (Å²) in [5.74, 6) is 0.398. The van der Waals surface area contributed by atoms with Gasteiger partial charge in [0.25, 0.3) is 0 Å². The van der Waals surface area contributed by atoms with E-state index in [1.165, 1.54) is 0 Å². The van der Waals surface area contributed by atoms with Crippen molar-refractivity contribution < 1.29 is 14.3 Å². The van der Waals surface area contributed by atoms with Crippen molar-refractivity contribution in [3.8, 4) is 0 Å². The van der Waals surface area contributed by atoms with Gasteiger partial charge in [0, 0.05) is 25.9 Å². The van der Waals surface area contributed by atoms with Gasteiger partial charge in [0.2, 0.25) is 0 Å². The Labute approximate surface area is 131 Å². The first-order valence-corrected chi connectivity index (χ1v) is 8.14. The van der Waals surface area contributed by atoms with Gasteiger partial charge < -0.3 is 9.64 Å². The van der Waals surface area contributed by atoms with Gasteiger partial charge in [-0.3, -0.25) is 4.79 Å². The second-order valence-corrected chi connectivity index (χ2v) is 6.57. The van der Waals surface area contributed by atoms with E-state index in [1.807, 2.05) is 35.2 Å². The minimum absolute atomic E-state index is 0.217. The summed E-state index contributed by atoms with van der Waals surface area (Å²) in [6.07, 6.45) is 5.22. The van der Waals surface area contributed by atoms with Crippen LogP contribution in [0.25, 0.3) is 0 Å². The van der Waals surface area contributed by atoms with Crippen molar-refractivity contribution in [1.82, 2.24) is 4.90 Å². The second-order valence-electron chi connectivity index (χ2n) is 6.57. The number of carbonyl (C=O) groups is 2. The summed E-state index contributed by atoms with van der Waals surface area (Å²) in [4.78, 5) is 25.4. The van der Waals surface area contributed by atoms with Crippen LogP contribution in [0.15, 0.2) is 30.3 Å². The molecule has 2 fully saturated rings. The van der Waals surface area contributed by atoms with Crippen LogP contribution < -0.4 is 0 Å². The van der Waals surface area contributed by atoms with E-state index < -0.39 is 0 Å². The zero-order chi connectivity index (χ0) is 15.4. The largest absolute Gasteiger partial charge is 0.445 e. The van der Waals surface area contributed by atoms with Gasteiger partial charge in [-0.05, 0) is 36.7 Å². The Bertz CT molecular complexity index is 521. The number of Topliss-reactive ketones (excluding diaryl/α,β-unsaturated/α-hetero) is 1. The number of benzene rings is 1. The number of likely N-dealkylation sites (tertiary alicyclic amines) is 1. The maximum absolute atomic E-state index is 12.1. The molecule has 0 radical (unpaired) electrons. The highest BCUT2D eigenvalue weighted by atomic mass is 16.6. The molecule has 1 saturated carbocycles. The van der Waals surface area contributed by atoms with Crippen molar-refractivity contribution in [1.29, 1.82) is 0 Å². The normalized spacial score (nSPS) is 20.9. The van der Waals surface area contributed by atoms with E-state index in [0.717, 1.165) is 57.2 Å². The Morgan fingerprint density at radius 3 is 2.32 bits per heavy atom. The molecule has 1 aliphatic heterocycles. The molecule has 1 heterocycles. The van der Waals surface area contributed by atoms with Gasteiger partial charge in [0.1, 0.15) is 12.4 Å². The van der Waals surface area contributed by atoms with Gasteiger partial charge in [-0.2, -0.15) is 0 Å². The summed E-state index contributed by atoms with van der Waals surface area (Å²) in [5, 5.41) is 0. The number of amides is 1. The van der Waals surface area contributed by atoms with Gasteiger partial charge in [0.05, 0.1) is 0 Å². The number of hydrogen-bond acceptors (Lipinski definition) is 3. The van der Waals surface area contributed by atoms with E-state index in [2.05, 4.69) is 0 Å². The molecular formula is C18H23NO3. The fourth-order valence-electron chi connectivity index (χ4n) is 3.53. The lowest BCUT2D eigenvalue weighted by molar-refractivity contribution is -0.123. The molecule has 1 aliphatic carbocycles. The fourth-order valence-corrected chi connectivity index (χ4v) is 3.53. The topological polar surface area (TPSA) is 46.6 Å². The third-order valence-corrected chi connectivity index (χ3v) is 5.16. The number of carbonyl (C=O) groups excluding carboxylic acids is 2. The van der Waals surface area contributed by atoms with Crippen LogP contribution in [-0.2, 0) is 16.1 Å². The summed E-state index contributed by atoms with van der Waals surface area (Å²) in [7, 11) is 0. The number of rotatable bonds is 2. The zero-order valence-corrected chi connectivity index (χ0v) is 12.9. The Balaban J connectivity index is 1.47. The number of hydrogen-bond donors (Lipinski definition) is 0. The molecule has 1 spiro atoms. The lowest BCUT2D eigenvalue weighted by Crippen LogP contribution is -2.44. The van der Waals surface area contributed by atoms with Crippen LogP contribution >= 0.6 is 0 Å². The molecular weight excluding hydrogens is 278 g/mol. The van der Waals surface area contributed by atoms with Crippen molar-refractivity contribution >= 4 is 11.9 Å². The van der Waals surface area contributed by atoms with Crippen molar-refractivity contribution in [3.63, 3.8) is 0 Å². The summed E-state index contributed by atoms with van der Waals surface area (Å²) >= 11 is 0. The molecule has 0 unspecified atom stereocenters. The highest BCUT2D eigenvalue weighted by Crippen LogP contribution is 2.43. The van der Waals surface area contributed by atoms with Gasteiger partial charge in [-0.15, -0.1) is 0 Å². The third-order valence-electron chi connectivity index (χ3n) is 5.16. The maximum atomic E-state index is 12.1. The Kier molecular flexibility index (Phi) is 4.46. The molecule has 118 valence electrons. The third kappa shape index (κ3) is 3.49. The molecule has 0 atom stereocenters. The molecule has 22 heavy (non-hydrogen) atoms. The second kappa shape index (κ2) is 6.51. The molecule has 4 heteroatoms. The first kappa shape index (κ1) is 15.1. The van der Waals surface area contributed by atoms with Crippen LogP contribution in [0, 0.1) is 5.41 Å². The molecule has 0 aromatic heterocycles. The predicted octanol–water partition coefficient (Wildman–Crippen LogP) is 3.55. The monoisotopic (exact) mass is 301 g/mol. The van der Waals surface area contributed by atoms with Crippen molar-refractivity contribution in [2.75, 3.05) is 13.1 Å². The average molecular weight is 301 g/mol. The SMILES string of the molecule is O=C1CCC2(CC1)CCN(C(=O)OCc1ccccc1)CC2. The fraction of sp³-hybridized carbons (Fsp3) is 0.556. The molecule has 2 aliphatic rings. The van der Waals surface area contributed by atoms with Crippen molar-refractivity contribution in [3.05, 3.63) is 35.9 Å². The summed E-state index contributed by atoms with van der Waals surface area (Å²) in [6, 6.07) is 9.75. The van der Waals surface area contributed by atoms with E-state index in [0.29, 0.717) is 17.8 Å². The molecule has 1 saturated heterocycles. The van der Waals surface area contributed by atoms with E-state index in [9.17, 15) is 9.59 Å². The minimum Gasteiger partial charge on any atom is -0.445 e. The van der Waals surface area contributed by atoms with Crippen LogP contribution in [0.3, 0.4) is 0 Å². The van der Waals surface area contributed by atoms with Crippen LogP contribution in [0.5, 0.6) is 0 Å². The highest BCUT2D eigenvalue weighted by Gasteiger charge is 2.38. The molecule has 1 aromatic carbocycles. The van der Waals surface area contributed by atoms with Crippen LogP contribution in [0.4, 0.5) is 4.79 Å². The molecule has 1 amide bonds. The number of ether oxygens (including phenoxy) is 1. The standard InChI is InChI=1S/C18H23NO3/c20-16-6-8-18(9-7-16)10-12-19(13-11-18)17(21)22-14-15-4-2-1-3-5-15/h1-5H,6-14H2. The summed E-state index contributed by atoms with van der Waals surface area (Å²) in [6.45, 7) is 1.83. The number of piperidine rings is 1.